The Kier molecular flexibility index (Phi) is 6.43. The Morgan fingerprint density at radius 2 is 1.93 bits per heavy atom. The number of nitro benzene ring substituents is 1. The number of furan rings is 1. The van der Waals surface area contributed by atoms with Crippen molar-refractivity contribution >= 4 is 58.2 Å². The van der Waals surface area contributed by atoms with Gasteiger partial charge in [-0.2, -0.15) is 5.26 Å². The Balaban J connectivity index is 1.89. The van der Waals surface area contributed by atoms with Gasteiger partial charge in [-0.1, -0.05) is 40.9 Å². The van der Waals surface area contributed by atoms with E-state index in [1.807, 2.05) is 0 Å². The highest BCUT2D eigenvalue weighted by Crippen LogP contribution is 2.34. The molecule has 3 rings (SSSR count). The van der Waals surface area contributed by atoms with E-state index in [0.29, 0.717) is 0 Å². The Bertz CT molecular complexity index is 1230. The predicted octanol–water partition coefficient (Wildman–Crippen LogP) is 6.36. The first kappa shape index (κ1) is 21.4. The lowest BCUT2D eigenvalue weighted by Gasteiger charge is -2.07. The van der Waals surface area contributed by atoms with Crippen LogP contribution in [0.15, 0.2) is 58.5 Å². The molecule has 1 amide bonds. The summed E-state index contributed by atoms with van der Waals surface area (Å²) in [6.07, 6.45) is 1.21. The van der Waals surface area contributed by atoms with Gasteiger partial charge in [-0.25, -0.2) is 0 Å². The summed E-state index contributed by atoms with van der Waals surface area (Å²) in [6, 6.07) is 13.6. The number of halogens is 3. The summed E-state index contributed by atoms with van der Waals surface area (Å²) in [6.45, 7) is 0. The maximum Gasteiger partial charge on any atom is 0.281 e. The van der Waals surface area contributed by atoms with E-state index in [-0.39, 0.29) is 49.1 Å². The van der Waals surface area contributed by atoms with Gasteiger partial charge >= 0.3 is 0 Å². The fourth-order valence-corrected chi connectivity index (χ4v) is 3.03. The smallest absolute Gasteiger partial charge is 0.281 e. The second-order valence-corrected chi connectivity index (χ2v) is 7.07. The van der Waals surface area contributed by atoms with Gasteiger partial charge in [0, 0.05) is 17.2 Å². The number of carbonyl (C=O) groups excluding carboxylic acids is 1. The number of rotatable bonds is 5. The van der Waals surface area contributed by atoms with Gasteiger partial charge in [0.25, 0.3) is 11.6 Å². The molecule has 0 unspecified atom stereocenters. The molecule has 0 aliphatic carbocycles. The molecular weight excluding hydrogens is 453 g/mol. The summed E-state index contributed by atoms with van der Waals surface area (Å²) in [5.41, 5.74) is -0.0521. The molecule has 2 aromatic carbocycles. The lowest BCUT2D eigenvalue weighted by atomic mass is 10.1. The van der Waals surface area contributed by atoms with Crippen LogP contribution in [0.3, 0.4) is 0 Å². The SMILES string of the molecule is N#C/C(=C\c1ccc(-c2ccc(Cl)cc2[N+](=O)[O-])o1)C(=O)Nc1cccc(Cl)c1Cl. The van der Waals surface area contributed by atoms with Gasteiger partial charge in [0.05, 0.1) is 26.2 Å². The minimum Gasteiger partial charge on any atom is -0.456 e. The largest absolute Gasteiger partial charge is 0.456 e. The average Bonchev–Trinajstić information content (AvgIpc) is 3.17. The molecule has 1 N–H and O–H groups in total. The highest BCUT2D eigenvalue weighted by molar-refractivity contribution is 6.44. The van der Waals surface area contributed by atoms with Crippen molar-refractivity contribution in [1.82, 2.24) is 0 Å². The first-order valence-corrected chi connectivity index (χ1v) is 9.35. The van der Waals surface area contributed by atoms with Gasteiger partial charge in [-0.3, -0.25) is 14.9 Å². The molecule has 1 heterocycles. The fourth-order valence-electron chi connectivity index (χ4n) is 2.52. The van der Waals surface area contributed by atoms with E-state index < -0.39 is 10.8 Å². The third-order valence-corrected chi connectivity index (χ3v) is 4.95. The zero-order valence-electron chi connectivity index (χ0n) is 14.9. The third kappa shape index (κ3) is 4.63. The minimum atomic E-state index is -0.725. The third-order valence-electron chi connectivity index (χ3n) is 3.90. The number of carbonyl (C=O) groups is 1. The number of anilines is 1. The minimum absolute atomic E-state index is 0.139. The van der Waals surface area contributed by atoms with Crippen LogP contribution in [0.25, 0.3) is 17.4 Å². The van der Waals surface area contributed by atoms with Crippen molar-refractivity contribution in [3.8, 4) is 17.4 Å². The van der Waals surface area contributed by atoms with Crippen LogP contribution >= 0.6 is 34.8 Å². The summed E-state index contributed by atoms with van der Waals surface area (Å²) >= 11 is 17.8. The molecule has 0 aliphatic heterocycles. The highest BCUT2D eigenvalue weighted by atomic mass is 35.5. The number of nitriles is 1. The monoisotopic (exact) mass is 461 g/mol. The first-order chi connectivity index (χ1) is 14.3. The van der Waals surface area contributed by atoms with Crippen molar-refractivity contribution in [1.29, 1.82) is 5.26 Å². The molecule has 150 valence electrons. The van der Waals surface area contributed by atoms with E-state index in [2.05, 4.69) is 5.32 Å². The van der Waals surface area contributed by atoms with Gasteiger partial charge in [0.15, 0.2) is 0 Å². The van der Waals surface area contributed by atoms with Gasteiger partial charge < -0.3 is 9.73 Å². The van der Waals surface area contributed by atoms with Crippen LogP contribution in [0.2, 0.25) is 15.1 Å². The molecule has 0 aliphatic rings. The Morgan fingerprint density at radius 1 is 1.17 bits per heavy atom. The number of nitrogens with zero attached hydrogens (tertiary/aromatic N) is 2. The molecule has 7 nitrogen and oxygen atoms in total. The summed E-state index contributed by atoms with van der Waals surface area (Å²) in [4.78, 5) is 23.1. The number of benzene rings is 2. The molecular formula is C20H10Cl3N3O4. The van der Waals surface area contributed by atoms with Crippen molar-refractivity contribution < 1.29 is 14.1 Å². The molecule has 3 aromatic rings. The molecule has 1 aromatic heterocycles. The number of nitro groups is 1. The first-order valence-electron chi connectivity index (χ1n) is 8.21. The molecule has 0 spiro atoms. The molecule has 0 saturated carbocycles. The van der Waals surface area contributed by atoms with Crippen molar-refractivity contribution in [2.24, 2.45) is 0 Å². The van der Waals surface area contributed by atoms with Crippen LogP contribution < -0.4 is 5.32 Å². The highest BCUT2D eigenvalue weighted by Gasteiger charge is 2.19. The molecule has 0 radical (unpaired) electrons. The lowest BCUT2D eigenvalue weighted by Crippen LogP contribution is -2.13. The van der Waals surface area contributed by atoms with Crippen molar-refractivity contribution in [3.05, 3.63) is 85.0 Å². The number of hydrogen-bond acceptors (Lipinski definition) is 5. The maximum atomic E-state index is 12.4. The van der Waals surface area contributed by atoms with Crippen LogP contribution in [0.5, 0.6) is 0 Å². The normalized spacial score (nSPS) is 11.1. The predicted molar refractivity (Wildman–Crippen MR) is 114 cm³/mol. The number of nitrogens with one attached hydrogen (secondary N) is 1. The standard InChI is InChI=1S/C20H10Cl3N3O4/c21-12-4-6-14(17(9-12)26(28)29)18-7-5-13(30-18)8-11(10-24)20(27)25-16-3-1-2-15(22)19(16)23/h1-9H,(H,25,27)/b11-8+. The van der Waals surface area contributed by atoms with Crippen LogP contribution in [-0.4, -0.2) is 10.8 Å². The van der Waals surface area contributed by atoms with Gasteiger partial charge in [-0.15, -0.1) is 0 Å². The Hall–Kier alpha value is -3.31. The van der Waals surface area contributed by atoms with Crippen LogP contribution in [0, 0.1) is 21.4 Å². The second kappa shape index (κ2) is 9.01. The van der Waals surface area contributed by atoms with Crippen molar-refractivity contribution in [2.45, 2.75) is 0 Å². The number of amides is 1. The second-order valence-electron chi connectivity index (χ2n) is 5.85. The maximum absolute atomic E-state index is 12.4. The average molecular weight is 463 g/mol. The van der Waals surface area contributed by atoms with E-state index in [9.17, 15) is 20.2 Å². The van der Waals surface area contributed by atoms with Crippen LogP contribution in [0.1, 0.15) is 5.76 Å². The van der Waals surface area contributed by atoms with E-state index in [0.717, 1.165) is 0 Å². The van der Waals surface area contributed by atoms with E-state index in [1.165, 1.54) is 42.5 Å². The van der Waals surface area contributed by atoms with Gasteiger partial charge in [0.1, 0.15) is 23.2 Å². The Labute approximate surface area is 185 Å². The van der Waals surface area contributed by atoms with E-state index in [4.69, 9.17) is 39.2 Å². The molecule has 0 saturated heterocycles. The Morgan fingerprint density at radius 3 is 2.63 bits per heavy atom. The molecule has 30 heavy (non-hydrogen) atoms. The fraction of sp³-hybridized carbons (Fsp3) is 0. The molecule has 0 atom stereocenters. The van der Waals surface area contributed by atoms with Crippen LogP contribution in [0.4, 0.5) is 11.4 Å². The van der Waals surface area contributed by atoms with E-state index in [1.54, 1.807) is 18.2 Å². The molecule has 0 fully saturated rings. The quantitative estimate of drug-likeness (QED) is 0.205. The lowest BCUT2D eigenvalue weighted by molar-refractivity contribution is -0.384. The zero-order chi connectivity index (χ0) is 21.8. The zero-order valence-corrected chi connectivity index (χ0v) is 17.1. The van der Waals surface area contributed by atoms with Gasteiger partial charge in [0.2, 0.25) is 0 Å². The molecule has 0 bridgehead atoms. The molecule has 10 heteroatoms. The number of hydrogen-bond donors (Lipinski definition) is 1. The topological polar surface area (TPSA) is 109 Å². The van der Waals surface area contributed by atoms with E-state index >= 15 is 0 Å². The summed E-state index contributed by atoms with van der Waals surface area (Å²) in [5, 5.41) is 23.7. The van der Waals surface area contributed by atoms with Crippen molar-refractivity contribution in [2.75, 3.05) is 5.32 Å². The van der Waals surface area contributed by atoms with Crippen LogP contribution in [-0.2, 0) is 4.79 Å². The van der Waals surface area contributed by atoms with Gasteiger partial charge in [-0.05, 0) is 36.4 Å². The summed E-state index contributed by atoms with van der Waals surface area (Å²) < 4.78 is 5.57. The van der Waals surface area contributed by atoms with Crippen molar-refractivity contribution in [3.63, 3.8) is 0 Å². The summed E-state index contributed by atoms with van der Waals surface area (Å²) in [7, 11) is 0. The summed E-state index contributed by atoms with van der Waals surface area (Å²) in [5.74, 6) is -0.393.